The molecule has 61 heavy (non-hydrogen) atoms. The van der Waals surface area contributed by atoms with Gasteiger partial charge < -0.3 is 9.80 Å². The van der Waals surface area contributed by atoms with E-state index >= 15 is 0 Å². The Hall–Kier alpha value is -6.76. The average molecular weight is 799 g/mol. The van der Waals surface area contributed by atoms with Crippen molar-refractivity contribution in [2.24, 2.45) is 5.41 Å². The number of hydrogen-bond acceptors (Lipinski definition) is 5. The summed E-state index contributed by atoms with van der Waals surface area (Å²) in [4.78, 5) is 7.33. The van der Waals surface area contributed by atoms with E-state index in [4.69, 9.17) is 5.10 Å². The molecule has 1 N–H and O–H groups in total. The number of benzene rings is 7. The Morgan fingerprint density at radius 3 is 1.41 bits per heavy atom. The molecule has 0 radical (unpaired) electrons. The normalized spacial score (nSPS) is 14.3. The zero-order valence-corrected chi connectivity index (χ0v) is 35.9. The third-order valence-corrected chi connectivity index (χ3v) is 11.8. The van der Waals surface area contributed by atoms with Crippen LogP contribution in [0.5, 0.6) is 0 Å². The molecule has 2 heterocycles. The highest BCUT2D eigenvalue weighted by atomic mass is 15.3. The summed E-state index contributed by atoms with van der Waals surface area (Å²) in [5, 5.41) is 15.4. The van der Waals surface area contributed by atoms with Crippen molar-refractivity contribution in [1.82, 2.24) is 20.3 Å². The molecule has 7 aromatic carbocycles. The molecule has 0 spiro atoms. The van der Waals surface area contributed by atoms with Crippen molar-refractivity contribution in [2.45, 2.75) is 53.5 Å². The molecule has 1 unspecified atom stereocenters. The Morgan fingerprint density at radius 1 is 0.574 bits per heavy atom. The summed E-state index contributed by atoms with van der Waals surface area (Å²) in [6.07, 6.45) is 4.48. The van der Waals surface area contributed by atoms with Gasteiger partial charge in [0.15, 0.2) is 0 Å². The van der Waals surface area contributed by atoms with Crippen molar-refractivity contribution in [3.05, 3.63) is 180 Å². The number of aromatic nitrogens is 3. The highest BCUT2D eigenvalue weighted by Crippen LogP contribution is 2.39. The minimum atomic E-state index is 0.137. The molecular weight excluding hydrogens is 745 g/mol. The predicted octanol–water partition coefficient (Wildman–Crippen LogP) is 12.7. The number of anilines is 6. The lowest BCUT2D eigenvalue weighted by atomic mass is 9.90. The van der Waals surface area contributed by atoms with Crippen LogP contribution in [0.3, 0.4) is 0 Å². The fourth-order valence-electron chi connectivity index (χ4n) is 9.15. The molecule has 0 aliphatic carbocycles. The second-order valence-electron chi connectivity index (χ2n) is 17.2. The Morgan fingerprint density at radius 2 is 1.00 bits per heavy atom. The Balaban J connectivity index is 1.26. The largest absolute Gasteiger partial charge is 0.311 e. The van der Waals surface area contributed by atoms with Gasteiger partial charge in [-0.25, -0.2) is 0 Å². The lowest BCUT2D eigenvalue weighted by Crippen LogP contribution is -2.40. The van der Waals surface area contributed by atoms with E-state index in [0.717, 1.165) is 93.3 Å². The predicted molar refractivity (Wildman–Crippen MR) is 257 cm³/mol. The van der Waals surface area contributed by atoms with Gasteiger partial charge in [-0.1, -0.05) is 143 Å². The van der Waals surface area contributed by atoms with Gasteiger partial charge in [0.25, 0.3) is 0 Å². The summed E-state index contributed by atoms with van der Waals surface area (Å²) in [6, 6.07) is 60.7. The SMILES string of the molecule is CCC1=c2c(-c3ccc(N(c4ccccc4)c4ccccc4)cc3)c3nn[nH]c3c(-c3ccc(N(c4ccccc4)c4ccccc4)cc3)c2=CC(CC)N(CC(C)(C)C)C1. The molecule has 0 saturated carbocycles. The highest BCUT2D eigenvalue weighted by Gasteiger charge is 2.28. The van der Waals surface area contributed by atoms with Crippen molar-refractivity contribution in [2.75, 3.05) is 22.9 Å². The maximum Gasteiger partial charge on any atom is 0.122 e. The number of fused-ring (bicyclic) bond motifs is 2. The third-order valence-electron chi connectivity index (χ3n) is 11.8. The van der Waals surface area contributed by atoms with E-state index in [-0.39, 0.29) is 11.5 Å². The molecule has 0 fully saturated rings. The number of rotatable bonds is 11. The quantitative estimate of drug-likeness (QED) is 0.141. The van der Waals surface area contributed by atoms with Gasteiger partial charge in [-0.15, -0.1) is 5.10 Å². The van der Waals surface area contributed by atoms with Crippen molar-refractivity contribution < 1.29 is 0 Å². The first-order valence-electron chi connectivity index (χ1n) is 21.7. The number of nitrogens with zero attached hydrogens (tertiary/aromatic N) is 5. The number of H-pyrrole nitrogens is 1. The van der Waals surface area contributed by atoms with Gasteiger partial charge in [0.1, 0.15) is 5.52 Å². The van der Waals surface area contributed by atoms with Crippen LogP contribution in [0.4, 0.5) is 34.1 Å². The summed E-state index contributed by atoms with van der Waals surface area (Å²) in [6.45, 7) is 13.6. The van der Waals surface area contributed by atoms with Gasteiger partial charge in [0.05, 0.1) is 5.52 Å². The van der Waals surface area contributed by atoms with Crippen LogP contribution in [0.25, 0.3) is 44.9 Å². The molecule has 0 amide bonds. The van der Waals surface area contributed by atoms with E-state index in [1.54, 1.807) is 0 Å². The molecule has 1 aliphatic rings. The van der Waals surface area contributed by atoms with Crippen molar-refractivity contribution in [3.63, 3.8) is 0 Å². The van der Waals surface area contributed by atoms with Crippen molar-refractivity contribution >= 4 is 56.8 Å². The van der Waals surface area contributed by atoms with E-state index < -0.39 is 0 Å². The minimum absolute atomic E-state index is 0.137. The maximum atomic E-state index is 4.92. The molecule has 304 valence electrons. The Bertz CT molecular complexity index is 2770. The third kappa shape index (κ3) is 7.99. The molecule has 0 bridgehead atoms. The fraction of sp³-hybridized carbons (Fsp3) is 0.200. The second-order valence-corrected chi connectivity index (χ2v) is 17.2. The first kappa shape index (κ1) is 39.7. The molecule has 6 heteroatoms. The van der Waals surface area contributed by atoms with E-state index in [1.165, 1.54) is 16.0 Å². The van der Waals surface area contributed by atoms with Crippen molar-refractivity contribution in [3.8, 4) is 22.3 Å². The van der Waals surface area contributed by atoms with Crippen molar-refractivity contribution in [1.29, 1.82) is 0 Å². The second kappa shape index (κ2) is 17.1. The molecule has 1 aromatic heterocycles. The minimum Gasteiger partial charge on any atom is -0.311 e. The van der Waals surface area contributed by atoms with Gasteiger partial charge in [-0.3, -0.25) is 10.00 Å². The van der Waals surface area contributed by atoms with Crippen LogP contribution < -0.4 is 20.2 Å². The first-order valence-corrected chi connectivity index (χ1v) is 21.7. The summed E-state index contributed by atoms with van der Waals surface area (Å²) in [5.74, 6) is 0. The lowest BCUT2D eigenvalue weighted by Gasteiger charge is -2.34. The molecule has 9 rings (SSSR count). The van der Waals surface area contributed by atoms with Crippen LogP contribution >= 0.6 is 0 Å². The molecule has 6 nitrogen and oxygen atoms in total. The van der Waals surface area contributed by atoms with Crippen LogP contribution in [0.2, 0.25) is 0 Å². The van der Waals surface area contributed by atoms with Crippen LogP contribution in [-0.4, -0.2) is 39.4 Å². The molecule has 1 atom stereocenters. The molecule has 1 aliphatic heterocycles. The standard InChI is InChI=1S/C55H54N6/c1-6-39-37-59(38-55(3,4)5)42(7-2)36-49-50(39)52(41-30-34-48(35-31-41)61(45-24-16-10-17-25-45)46-26-18-11-19-27-46)54-53(56-58-57-54)51(49)40-28-32-47(33-29-40)60(43-20-12-8-13-21-43)44-22-14-9-15-23-44/h8-36,42H,6-7,37-38H2,1-5H3,(H,56,57). The lowest BCUT2D eigenvalue weighted by molar-refractivity contribution is 0.183. The molecule has 8 aromatic rings. The van der Waals surface area contributed by atoms with Gasteiger partial charge in [-0.2, -0.15) is 0 Å². The van der Waals surface area contributed by atoms with Crippen LogP contribution in [-0.2, 0) is 0 Å². The van der Waals surface area contributed by atoms with E-state index in [9.17, 15) is 0 Å². The first-order chi connectivity index (χ1) is 29.8. The summed E-state index contributed by atoms with van der Waals surface area (Å²) >= 11 is 0. The smallest absolute Gasteiger partial charge is 0.122 e. The van der Waals surface area contributed by atoms with Crippen LogP contribution in [0, 0.1) is 5.41 Å². The van der Waals surface area contributed by atoms with Gasteiger partial charge in [0.2, 0.25) is 0 Å². The monoisotopic (exact) mass is 798 g/mol. The number of para-hydroxylation sites is 4. The maximum absolute atomic E-state index is 4.92. The number of aromatic amines is 1. The zero-order chi connectivity index (χ0) is 41.9. The van der Waals surface area contributed by atoms with E-state index in [1.807, 2.05) is 0 Å². The topological polar surface area (TPSA) is 51.3 Å². The van der Waals surface area contributed by atoms with E-state index in [0.29, 0.717) is 0 Å². The van der Waals surface area contributed by atoms with Crippen LogP contribution in [0.15, 0.2) is 170 Å². The summed E-state index contributed by atoms with van der Waals surface area (Å²) in [5.41, 5.74) is 14.6. The van der Waals surface area contributed by atoms with Crippen LogP contribution in [0.1, 0.15) is 47.5 Å². The molecule has 0 saturated heterocycles. The molecular formula is C55H54N6. The summed E-state index contributed by atoms with van der Waals surface area (Å²) in [7, 11) is 0. The Labute approximate surface area is 360 Å². The average Bonchev–Trinajstić information content (AvgIpc) is 3.72. The zero-order valence-electron chi connectivity index (χ0n) is 35.9. The summed E-state index contributed by atoms with van der Waals surface area (Å²) < 4.78 is 0. The number of hydrogen-bond donors (Lipinski definition) is 1. The van der Waals surface area contributed by atoms with Gasteiger partial charge in [0, 0.05) is 64.4 Å². The van der Waals surface area contributed by atoms with Gasteiger partial charge in [-0.05, 0) is 118 Å². The van der Waals surface area contributed by atoms with Gasteiger partial charge >= 0.3 is 0 Å². The number of nitrogens with one attached hydrogen (secondary N) is 1. The Kier molecular flexibility index (Phi) is 11.1. The highest BCUT2D eigenvalue weighted by molar-refractivity contribution is 6.02. The van der Waals surface area contributed by atoms with E-state index in [2.05, 4.69) is 236 Å². The fourth-order valence-corrected chi connectivity index (χ4v) is 9.15.